The number of fused-ring (bicyclic) bond motifs is 3. The van der Waals surface area contributed by atoms with E-state index in [4.69, 9.17) is 0 Å². The van der Waals surface area contributed by atoms with Gasteiger partial charge >= 0.3 is 7.60 Å². The molecule has 8 heteroatoms. The summed E-state index contributed by atoms with van der Waals surface area (Å²) in [4.78, 5) is 39.9. The first-order valence-electron chi connectivity index (χ1n) is 12.2. The van der Waals surface area contributed by atoms with Gasteiger partial charge in [0.2, 0.25) is 5.44 Å². The normalized spacial score (nSPS) is 40.6. The molecule has 1 aromatic heterocycles. The predicted molar refractivity (Wildman–Crippen MR) is 121 cm³/mol. The number of benzene rings is 1. The zero-order chi connectivity index (χ0) is 21.8. The SMILES string of the molecule is O=c1c(P(=O)(O)O)nc2ccccc2n1[C@H]1C[C@H]2CC[C@@H](C1)N2[C@]12C[C@@H]3C[C@@H](C[C@H]1C3)C2. The minimum Gasteiger partial charge on any atom is -0.320 e. The van der Waals surface area contributed by atoms with Gasteiger partial charge < -0.3 is 14.4 Å². The molecule has 2 N–H and O–H groups in total. The van der Waals surface area contributed by atoms with Crippen LogP contribution in [0.3, 0.4) is 0 Å². The van der Waals surface area contributed by atoms with Gasteiger partial charge in [-0.2, -0.15) is 0 Å². The summed E-state index contributed by atoms with van der Waals surface area (Å²) in [5, 5.41) is 0. The lowest BCUT2D eigenvalue weighted by Gasteiger charge is -2.52. The van der Waals surface area contributed by atoms with E-state index in [0.29, 0.717) is 28.7 Å². The van der Waals surface area contributed by atoms with Gasteiger partial charge in [0.25, 0.3) is 5.56 Å². The highest BCUT2D eigenvalue weighted by Gasteiger charge is 2.64. The highest BCUT2D eigenvalue weighted by atomic mass is 31.2. The quantitative estimate of drug-likeness (QED) is 0.691. The maximum Gasteiger partial charge on any atom is 0.380 e. The maximum absolute atomic E-state index is 13.3. The number of nitrogens with zero attached hydrogens (tertiary/aromatic N) is 3. The molecule has 6 bridgehead atoms. The first-order chi connectivity index (χ1) is 15.3. The van der Waals surface area contributed by atoms with Gasteiger partial charge in [-0.15, -0.1) is 0 Å². The molecule has 3 heterocycles. The lowest BCUT2D eigenvalue weighted by Crippen LogP contribution is -2.58. The molecule has 0 radical (unpaired) electrons. The zero-order valence-corrected chi connectivity index (χ0v) is 19.0. The fourth-order valence-corrected chi connectivity index (χ4v) is 9.55. The van der Waals surface area contributed by atoms with E-state index >= 15 is 0 Å². The molecular weight excluding hydrogens is 425 g/mol. The van der Waals surface area contributed by atoms with Gasteiger partial charge in [-0.25, -0.2) is 4.98 Å². The van der Waals surface area contributed by atoms with Gasteiger partial charge in [-0.1, -0.05) is 12.1 Å². The van der Waals surface area contributed by atoms with Crippen LogP contribution in [-0.4, -0.2) is 41.9 Å². The van der Waals surface area contributed by atoms with Crippen molar-refractivity contribution in [3.05, 3.63) is 34.6 Å². The van der Waals surface area contributed by atoms with Crippen molar-refractivity contribution in [3.63, 3.8) is 0 Å². The van der Waals surface area contributed by atoms with Crippen LogP contribution in [0.1, 0.15) is 63.8 Å². The standard InChI is InChI=1S/C24H30N3O4P/c28-23-22(32(29,30)31)25-20-3-1-2-4-21(20)26(23)19-10-17-5-6-18(11-19)27(17)24-12-14-7-15(13-24)9-16(24)8-14/h1-4,14-19H,5-13H2,(H2,29,30,31)/t14-,15+,16-,17-,18+,19+,24+. The van der Waals surface area contributed by atoms with Crippen LogP contribution in [0.4, 0.5) is 0 Å². The highest BCUT2D eigenvalue weighted by molar-refractivity contribution is 7.59. The average Bonchev–Trinajstić information content (AvgIpc) is 3.26. The molecule has 0 spiro atoms. The Morgan fingerprint density at radius 1 is 0.938 bits per heavy atom. The van der Waals surface area contributed by atoms with Crippen LogP contribution in [0, 0.1) is 17.8 Å². The number of piperidine rings is 1. The highest BCUT2D eigenvalue weighted by Crippen LogP contribution is 2.65. The Bertz CT molecular complexity index is 1190. The van der Waals surface area contributed by atoms with Crippen molar-refractivity contribution >= 4 is 24.1 Å². The van der Waals surface area contributed by atoms with E-state index in [2.05, 4.69) is 9.88 Å². The molecule has 4 aliphatic carbocycles. The van der Waals surface area contributed by atoms with Crippen LogP contribution < -0.4 is 11.0 Å². The molecule has 2 aliphatic heterocycles. The number of rotatable bonds is 3. The summed E-state index contributed by atoms with van der Waals surface area (Å²) < 4.78 is 13.7. The third-order valence-corrected chi connectivity index (χ3v) is 10.4. The van der Waals surface area contributed by atoms with E-state index in [1.807, 2.05) is 12.1 Å². The lowest BCUT2D eigenvalue weighted by atomic mass is 9.78. The predicted octanol–water partition coefficient (Wildman–Crippen LogP) is 2.95. The van der Waals surface area contributed by atoms with Gasteiger partial charge in [0.1, 0.15) is 0 Å². The van der Waals surface area contributed by atoms with E-state index in [1.165, 1.54) is 44.9 Å². The van der Waals surface area contributed by atoms with Crippen LogP contribution in [0.5, 0.6) is 0 Å². The molecule has 1 aromatic carbocycles. The van der Waals surface area contributed by atoms with Crippen LogP contribution in [0.15, 0.2) is 29.1 Å². The molecule has 0 unspecified atom stereocenters. The molecule has 6 fully saturated rings. The Morgan fingerprint density at radius 2 is 1.59 bits per heavy atom. The van der Waals surface area contributed by atoms with Crippen LogP contribution in [0.2, 0.25) is 0 Å². The molecule has 7 atom stereocenters. The molecule has 6 aliphatic rings. The fraction of sp³-hybridized carbons (Fsp3) is 0.667. The summed E-state index contributed by atoms with van der Waals surface area (Å²) in [5.41, 5.74) is 0.328. The summed E-state index contributed by atoms with van der Waals surface area (Å²) in [6.45, 7) is 0. The molecule has 8 rings (SSSR count). The van der Waals surface area contributed by atoms with E-state index in [0.717, 1.165) is 30.6 Å². The van der Waals surface area contributed by atoms with E-state index in [1.54, 1.807) is 16.7 Å². The Labute approximate surface area is 187 Å². The first-order valence-corrected chi connectivity index (χ1v) is 13.8. The number of aromatic nitrogens is 2. The molecule has 0 amide bonds. The molecule has 2 aromatic rings. The maximum atomic E-state index is 13.3. The molecule has 2 saturated heterocycles. The van der Waals surface area contributed by atoms with E-state index in [9.17, 15) is 19.1 Å². The number of para-hydroxylation sites is 2. The van der Waals surface area contributed by atoms with Gasteiger partial charge in [0, 0.05) is 23.7 Å². The lowest BCUT2D eigenvalue weighted by molar-refractivity contribution is -0.0244. The minimum absolute atomic E-state index is 0.0401. The molecular formula is C24H30N3O4P. The Hall–Kier alpha value is -1.53. The largest absolute Gasteiger partial charge is 0.380 e. The van der Waals surface area contributed by atoms with E-state index < -0.39 is 18.6 Å². The Morgan fingerprint density at radius 3 is 2.25 bits per heavy atom. The second-order valence-electron chi connectivity index (χ2n) is 11.2. The summed E-state index contributed by atoms with van der Waals surface area (Å²) in [5.74, 6) is 2.70. The molecule has 7 nitrogen and oxygen atoms in total. The van der Waals surface area contributed by atoms with Gasteiger partial charge in [0.15, 0.2) is 0 Å². The van der Waals surface area contributed by atoms with Crippen molar-refractivity contribution in [3.8, 4) is 0 Å². The number of hydrogen-bond donors (Lipinski definition) is 2. The van der Waals surface area contributed by atoms with Crippen LogP contribution in [0.25, 0.3) is 11.0 Å². The second kappa shape index (κ2) is 6.53. The topological polar surface area (TPSA) is 95.7 Å². The third-order valence-electron chi connectivity index (χ3n) is 9.59. The fourth-order valence-electron chi connectivity index (χ4n) is 8.95. The first kappa shape index (κ1) is 19.9. The van der Waals surface area contributed by atoms with Crippen molar-refractivity contribution in [2.45, 2.75) is 81.5 Å². The summed E-state index contributed by atoms with van der Waals surface area (Å²) in [6.07, 6.45) is 11.1. The minimum atomic E-state index is -4.75. The van der Waals surface area contributed by atoms with Crippen molar-refractivity contribution in [1.29, 1.82) is 0 Å². The van der Waals surface area contributed by atoms with E-state index in [-0.39, 0.29) is 6.04 Å². The van der Waals surface area contributed by atoms with Gasteiger partial charge in [0.05, 0.1) is 11.0 Å². The van der Waals surface area contributed by atoms with Crippen molar-refractivity contribution in [2.75, 3.05) is 0 Å². The Kier molecular flexibility index (Phi) is 4.06. The monoisotopic (exact) mass is 455 g/mol. The zero-order valence-electron chi connectivity index (χ0n) is 18.1. The third kappa shape index (κ3) is 2.62. The van der Waals surface area contributed by atoms with Gasteiger partial charge in [-0.3, -0.25) is 14.3 Å². The summed E-state index contributed by atoms with van der Waals surface area (Å²) in [6, 6.07) is 8.15. The van der Waals surface area contributed by atoms with Gasteiger partial charge in [-0.05, 0) is 87.7 Å². The average molecular weight is 455 g/mol. The second-order valence-corrected chi connectivity index (χ2v) is 12.7. The van der Waals surface area contributed by atoms with Crippen molar-refractivity contribution in [1.82, 2.24) is 14.5 Å². The van der Waals surface area contributed by atoms with Crippen molar-refractivity contribution in [2.24, 2.45) is 17.8 Å². The molecule has 170 valence electrons. The van der Waals surface area contributed by atoms with Crippen molar-refractivity contribution < 1.29 is 14.4 Å². The summed E-state index contributed by atoms with van der Waals surface area (Å²) in [7, 11) is -4.75. The molecule has 32 heavy (non-hydrogen) atoms. The van der Waals surface area contributed by atoms with Crippen LogP contribution in [-0.2, 0) is 4.57 Å². The molecule has 4 saturated carbocycles. The Balaban J connectivity index is 1.29. The van der Waals surface area contributed by atoms with Crippen LogP contribution >= 0.6 is 7.60 Å². The smallest absolute Gasteiger partial charge is 0.320 e. The number of hydrogen-bond acceptors (Lipinski definition) is 4. The summed E-state index contributed by atoms with van der Waals surface area (Å²) >= 11 is 0.